The Morgan fingerprint density at radius 1 is 1.65 bits per heavy atom. The first-order valence-corrected chi connectivity index (χ1v) is 5.22. The highest BCUT2D eigenvalue weighted by molar-refractivity contribution is 6.02. The lowest BCUT2D eigenvalue weighted by Gasteiger charge is -2.17. The van der Waals surface area contributed by atoms with Crippen molar-refractivity contribution in [1.29, 1.82) is 0 Å². The van der Waals surface area contributed by atoms with Gasteiger partial charge in [-0.05, 0) is 12.1 Å². The maximum Gasteiger partial charge on any atom is 0.341 e. The Hall–Kier alpha value is -1.95. The van der Waals surface area contributed by atoms with Crippen molar-refractivity contribution in [2.45, 2.75) is 12.5 Å². The van der Waals surface area contributed by atoms with Crippen molar-refractivity contribution in [3.05, 3.63) is 23.9 Å². The lowest BCUT2D eigenvalue weighted by molar-refractivity contribution is -0.117. The standard InChI is InChI=1S/C11H13N3O3/c1-17-11(16)8-3-2-4-13-10(8)14-6-7(12)5-9(14)15/h2-4,7H,5-6,12H2,1H3. The minimum Gasteiger partial charge on any atom is -0.465 e. The Bertz CT molecular complexity index is 461. The normalized spacial score (nSPS) is 19.5. The van der Waals surface area contributed by atoms with E-state index in [1.54, 1.807) is 12.1 Å². The van der Waals surface area contributed by atoms with Gasteiger partial charge >= 0.3 is 5.97 Å². The van der Waals surface area contributed by atoms with Gasteiger partial charge in [-0.15, -0.1) is 0 Å². The van der Waals surface area contributed by atoms with E-state index in [0.717, 1.165) is 0 Å². The van der Waals surface area contributed by atoms with Crippen LogP contribution in [0.25, 0.3) is 0 Å². The first-order chi connectivity index (χ1) is 8.13. The molecule has 0 radical (unpaired) electrons. The van der Waals surface area contributed by atoms with E-state index in [1.165, 1.54) is 18.2 Å². The molecule has 0 spiro atoms. The second-order valence-electron chi connectivity index (χ2n) is 3.83. The summed E-state index contributed by atoms with van der Waals surface area (Å²) < 4.78 is 4.65. The molecule has 0 saturated carbocycles. The Morgan fingerprint density at radius 3 is 3.00 bits per heavy atom. The minimum atomic E-state index is -0.513. The van der Waals surface area contributed by atoms with Gasteiger partial charge in [-0.1, -0.05) is 0 Å². The third-order valence-corrected chi connectivity index (χ3v) is 2.60. The van der Waals surface area contributed by atoms with Crippen LogP contribution in [0, 0.1) is 0 Å². The van der Waals surface area contributed by atoms with Crippen molar-refractivity contribution in [1.82, 2.24) is 4.98 Å². The first-order valence-electron chi connectivity index (χ1n) is 5.22. The number of pyridine rings is 1. The molecule has 1 fully saturated rings. The maximum absolute atomic E-state index is 11.7. The molecular weight excluding hydrogens is 222 g/mol. The summed E-state index contributed by atoms with van der Waals surface area (Å²) in [6, 6.07) is 2.98. The molecule has 2 N–H and O–H groups in total. The van der Waals surface area contributed by atoms with Gasteiger partial charge in [0.1, 0.15) is 11.4 Å². The van der Waals surface area contributed by atoms with Crippen molar-refractivity contribution in [3.63, 3.8) is 0 Å². The van der Waals surface area contributed by atoms with E-state index in [9.17, 15) is 9.59 Å². The fourth-order valence-corrected chi connectivity index (χ4v) is 1.82. The molecule has 1 aromatic heterocycles. The van der Waals surface area contributed by atoms with Crippen LogP contribution in [0.3, 0.4) is 0 Å². The molecule has 90 valence electrons. The highest BCUT2D eigenvalue weighted by Crippen LogP contribution is 2.22. The average molecular weight is 235 g/mol. The van der Waals surface area contributed by atoms with Crippen LogP contribution >= 0.6 is 0 Å². The van der Waals surface area contributed by atoms with E-state index in [1.807, 2.05) is 0 Å². The molecule has 1 atom stereocenters. The number of carbonyl (C=O) groups is 2. The maximum atomic E-state index is 11.7. The second-order valence-corrected chi connectivity index (χ2v) is 3.83. The van der Waals surface area contributed by atoms with Crippen LogP contribution in [0.5, 0.6) is 0 Å². The molecule has 1 aromatic rings. The van der Waals surface area contributed by atoms with E-state index in [0.29, 0.717) is 12.4 Å². The minimum absolute atomic E-state index is 0.124. The van der Waals surface area contributed by atoms with Crippen LogP contribution in [0.4, 0.5) is 5.82 Å². The largest absolute Gasteiger partial charge is 0.465 e. The van der Waals surface area contributed by atoms with Gasteiger partial charge in [0.05, 0.1) is 7.11 Å². The number of methoxy groups -OCH3 is 1. The molecule has 17 heavy (non-hydrogen) atoms. The summed E-state index contributed by atoms with van der Waals surface area (Å²) in [6.45, 7) is 0.375. The first kappa shape index (κ1) is 11.5. The molecule has 6 heteroatoms. The van der Waals surface area contributed by atoms with E-state index >= 15 is 0 Å². The molecule has 1 amide bonds. The number of esters is 1. The summed E-state index contributed by atoms with van der Waals surface area (Å²) in [5.41, 5.74) is 5.98. The van der Waals surface area contributed by atoms with Crippen molar-refractivity contribution < 1.29 is 14.3 Å². The molecule has 1 unspecified atom stereocenters. The lowest BCUT2D eigenvalue weighted by Crippen LogP contribution is -2.30. The van der Waals surface area contributed by atoms with Crippen LogP contribution in [0.2, 0.25) is 0 Å². The molecule has 1 aliphatic heterocycles. The third-order valence-electron chi connectivity index (χ3n) is 2.60. The van der Waals surface area contributed by atoms with Gasteiger partial charge < -0.3 is 10.5 Å². The van der Waals surface area contributed by atoms with E-state index in [4.69, 9.17) is 5.73 Å². The monoisotopic (exact) mass is 235 g/mol. The lowest BCUT2D eigenvalue weighted by atomic mass is 10.2. The van der Waals surface area contributed by atoms with Crippen LogP contribution in [0.1, 0.15) is 16.8 Å². The summed E-state index contributed by atoms with van der Waals surface area (Å²) >= 11 is 0. The Balaban J connectivity index is 2.38. The smallest absolute Gasteiger partial charge is 0.341 e. The van der Waals surface area contributed by atoms with Gasteiger partial charge in [-0.25, -0.2) is 9.78 Å². The van der Waals surface area contributed by atoms with Crippen molar-refractivity contribution in [3.8, 4) is 0 Å². The molecule has 1 aliphatic rings. The van der Waals surface area contributed by atoms with Gasteiger partial charge in [0.25, 0.3) is 0 Å². The fraction of sp³-hybridized carbons (Fsp3) is 0.364. The number of ether oxygens (including phenoxy) is 1. The van der Waals surface area contributed by atoms with Crippen LogP contribution < -0.4 is 10.6 Å². The predicted octanol–water partition coefficient (Wildman–Crippen LogP) is -0.0678. The van der Waals surface area contributed by atoms with Crippen LogP contribution in [0.15, 0.2) is 18.3 Å². The fourth-order valence-electron chi connectivity index (χ4n) is 1.82. The third kappa shape index (κ3) is 2.12. The van der Waals surface area contributed by atoms with Gasteiger partial charge in [-0.3, -0.25) is 9.69 Å². The molecule has 6 nitrogen and oxygen atoms in total. The second kappa shape index (κ2) is 4.50. The number of anilines is 1. The van der Waals surface area contributed by atoms with E-state index in [2.05, 4.69) is 9.72 Å². The van der Waals surface area contributed by atoms with Crippen LogP contribution in [-0.4, -0.2) is 36.6 Å². The number of nitrogens with two attached hydrogens (primary N) is 1. The van der Waals surface area contributed by atoms with Gasteiger partial charge in [0.15, 0.2) is 0 Å². The van der Waals surface area contributed by atoms with Gasteiger partial charge in [-0.2, -0.15) is 0 Å². The van der Waals surface area contributed by atoms with Crippen molar-refractivity contribution >= 4 is 17.7 Å². The zero-order chi connectivity index (χ0) is 12.4. The summed E-state index contributed by atoms with van der Waals surface area (Å²) in [7, 11) is 1.29. The summed E-state index contributed by atoms with van der Waals surface area (Å²) in [5, 5.41) is 0. The number of carbonyl (C=O) groups excluding carboxylic acids is 2. The molecule has 0 aliphatic carbocycles. The quantitative estimate of drug-likeness (QED) is 0.725. The molecule has 1 saturated heterocycles. The predicted molar refractivity (Wildman–Crippen MR) is 60.5 cm³/mol. The number of amides is 1. The highest BCUT2D eigenvalue weighted by Gasteiger charge is 2.31. The molecule has 0 bridgehead atoms. The summed E-state index contributed by atoms with van der Waals surface area (Å²) in [6.07, 6.45) is 1.80. The molecule has 2 heterocycles. The Morgan fingerprint density at radius 2 is 2.41 bits per heavy atom. The average Bonchev–Trinajstić information content (AvgIpc) is 2.67. The van der Waals surface area contributed by atoms with Crippen molar-refractivity contribution in [2.75, 3.05) is 18.6 Å². The molecular formula is C11H13N3O3. The number of hydrogen-bond donors (Lipinski definition) is 1. The van der Waals surface area contributed by atoms with E-state index in [-0.39, 0.29) is 23.9 Å². The van der Waals surface area contributed by atoms with Gasteiger partial charge in [0, 0.05) is 25.2 Å². The molecule has 2 rings (SSSR count). The van der Waals surface area contributed by atoms with Crippen LogP contribution in [-0.2, 0) is 9.53 Å². The molecule has 0 aromatic carbocycles. The zero-order valence-corrected chi connectivity index (χ0v) is 9.42. The summed E-state index contributed by atoms with van der Waals surface area (Å²) in [5.74, 6) is -0.319. The van der Waals surface area contributed by atoms with Crippen molar-refractivity contribution in [2.24, 2.45) is 5.73 Å². The zero-order valence-electron chi connectivity index (χ0n) is 9.42. The number of nitrogens with zero attached hydrogens (tertiary/aromatic N) is 2. The SMILES string of the molecule is COC(=O)c1cccnc1N1CC(N)CC1=O. The van der Waals surface area contributed by atoms with Gasteiger partial charge in [0.2, 0.25) is 5.91 Å². The summed E-state index contributed by atoms with van der Waals surface area (Å²) in [4.78, 5) is 28.7. The Labute approximate surface area is 98.4 Å². The topological polar surface area (TPSA) is 85.5 Å². The Kier molecular flexibility index (Phi) is 3.06. The number of aromatic nitrogens is 1. The number of hydrogen-bond acceptors (Lipinski definition) is 5. The highest BCUT2D eigenvalue weighted by atomic mass is 16.5. The van der Waals surface area contributed by atoms with E-state index < -0.39 is 5.97 Å². The number of rotatable bonds is 2.